The second-order valence-corrected chi connectivity index (χ2v) is 4.41. The van der Waals surface area contributed by atoms with E-state index in [4.69, 9.17) is 0 Å². The predicted molar refractivity (Wildman–Crippen MR) is 53.5 cm³/mol. The van der Waals surface area contributed by atoms with Crippen LogP contribution in [0, 0.1) is 11.8 Å². The predicted octanol–water partition coefficient (Wildman–Crippen LogP) is 1.31. The van der Waals surface area contributed by atoms with Crippen molar-refractivity contribution in [3.63, 3.8) is 0 Å². The summed E-state index contributed by atoms with van der Waals surface area (Å²) in [6, 6.07) is 0. The van der Waals surface area contributed by atoms with Crippen molar-refractivity contribution in [2.75, 3.05) is 13.1 Å². The lowest BCUT2D eigenvalue weighted by Gasteiger charge is -2.42. The Kier molecular flexibility index (Phi) is 2.43. The van der Waals surface area contributed by atoms with Gasteiger partial charge >= 0.3 is 0 Å². The van der Waals surface area contributed by atoms with E-state index in [1.54, 1.807) is 0 Å². The summed E-state index contributed by atoms with van der Waals surface area (Å²) in [5.41, 5.74) is -0.489. The summed E-state index contributed by atoms with van der Waals surface area (Å²) in [5, 5.41) is 13.5. The van der Waals surface area contributed by atoms with E-state index in [0.29, 0.717) is 11.8 Å². The lowest BCUT2D eigenvalue weighted by Crippen LogP contribution is -2.55. The van der Waals surface area contributed by atoms with Gasteiger partial charge in [0.05, 0.1) is 5.60 Å². The fraction of sp³-hybridized carbons (Fsp3) is 0.818. The van der Waals surface area contributed by atoms with Crippen molar-refractivity contribution in [1.29, 1.82) is 0 Å². The van der Waals surface area contributed by atoms with Crippen molar-refractivity contribution in [2.45, 2.75) is 31.8 Å². The van der Waals surface area contributed by atoms with Gasteiger partial charge in [0.2, 0.25) is 0 Å². The van der Waals surface area contributed by atoms with Crippen molar-refractivity contribution >= 4 is 0 Å². The van der Waals surface area contributed by atoms with Crippen LogP contribution in [0.1, 0.15) is 26.2 Å². The fourth-order valence-electron chi connectivity index (χ4n) is 2.22. The van der Waals surface area contributed by atoms with E-state index in [-0.39, 0.29) is 0 Å². The summed E-state index contributed by atoms with van der Waals surface area (Å²) in [6.07, 6.45) is 7.57. The van der Waals surface area contributed by atoms with Gasteiger partial charge in [0.1, 0.15) is 0 Å². The molecular weight excluding hydrogens is 162 g/mol. The van der Waals surface area contributed by atoms with Crippen molar-refractivity contribution in [3.05, 3.63) is 12.2 Å². The van der Waals surface area contributed by atoms with Crippen molar-refractivity contribution in [1.82, 2.24) is 5.32 Å². The molecule has 0 radical (unpaired) electrons. The zero-order valence-corrected chi connectivity index (χ0v) is 8.29. The first kappa shape index (κ1) is 9.22. The molecule has 0 spiro atoms. The summed E-state index contributed by atoms with van der Waals surface area (Å²) in [6.45, 7) is 4.18. The normalized spacial score (nSPS) is 40.3. The molecule has 0 bridgehead atoms. The fourth-order valence-corrected chi connectivity index (χ4v) is 2.22. The summed E-state index contributed by atoms with van der Waals surface area (Å²) < 4.78 is 0. The Balaban J connectivity index is 2.00. The molecule has 1 aliphatic carbocycles. The maximum atomic E-state index is 10.3. The molecule has 1 aliphatic heterocycles. The minimum Gasteiger partial charge on any atom is -0.385 e. The SMILES string of the molecule is CCC1C=CC(O)(C2CNC2)CC1. The van der Waals surface area contributed by atoms with Gasteiger partial charge in [-0.05, 0) is 25.2 Å². The third-order valence-electron chi connectivity index (χ3n) is 3.59. The Morgan fingerprint density at radius 3 is 2.69 bits per heavy atom. The Morgan fingerprint density at radius 1 is 1.54 bits per heavy atom. The molecule has 0 amide bonds. The average Bonchev–Trinajstić information content (AvgIpc) is 2.02. The van der Waals surface area contributed by atoms with Crippen LogP contribution in [-0.2, 0) is 0 Å². The van der Waals surface area contributed by atoms with E-state index in [9.17, 15) is 5.11 Å². The highest BCUT2D eigenvalue weighted by Crippen LogP contribution is 2.34. The highest BCUT2D eigenvalue weighted by atomic mass is 16.3. The van der Waals surface area contributed by atoms with Gasteiger partial charge in [0.25, 0.3) is 0 Å². The maximum absolute atomic E-state index is 10.3. The van der Waals surface area contributed by atoms with Crippen LogP contribution >= 0.6 is 0 Å². The number of aliphatic hydroxyl groups is 1. The van der Waals surface area contributed by atoms with Gasteiger partial charge in [-0.15, -0.1) is 0 Å². The first-order valence-electron chi connectivity index (χ1n) is 5.37. The Bertz CT molecular complexity index is 210. The third kappa shape index (κ3) is 1.65. The Labute approximate surface area is 80.0 Å². The van der Waals surface area contributed by atoms with Gasteiger partial charge in [-0.2, -0.15) is 0 Å². The second kappa shape index (κ2) is 3.43. The smallest absolute Gasteiger partial charge is 0.0880 e. The highest BCUT2D eigenvalue weighted by Gasteiger charge is 2.39. The average molecular weight is 181 g/mol. The number of hydrogen-bond acceptors (Lipinski definition) is 2. The topological polar surface area (TPSA) is 32.3 Å². The molecule has 2 unspecified atom stereocenters. The summed E-state index contributed by atoms with van der Waals surface area (Å²) in [5.74, 6) is 1.16. The van der Waals surface area contributed by atoms with Crippen LogP contribution in [-0.4, -0.2) is 23.8 Å². The molecule has 74 valence electrons. The quantitative estimate of drug-likeness (QED) is 0.630. The standard InChI is InChI=1S/C11H19NO/c1-2-9-3-5-11(13,6-4-9)10-7-12-8-10/h3,5,9-10,12-13H,2,4,6-8H2,1H3. The third-order valence-corrected chi connectivity index (χ3v) is 3.59. The first-order valence-corrected chi connectivity index (χ1v) is 5.37. The molecule has 0 aromatic heterocycles. The number of hydrogen-bond donors (Lipinski definition) is 2. The van der Waals surface area contributed by atoms with Crippen molar-refractivity contribution < 1.29 is 5.11 Å². The zero-order chi connectivity index (χ0) is 9.31. The van der Waals surface area contributed by atoms with E-state index in [1.807, 2.05) is 0 Å². The molecule has 2 rings (SSSR count). The Hall–Kier alpha value is -0.340. The molecule has 2 heteroatoms. The van der Waals surface area contributed by atoms with E-state index >= 15 is 0 Å². The lowest BCUT2D eigenvalue weighted by atomic mass is 9.74. The van der Waals surface area contributed by atoms with E-state index in [1.165, 1.54) is 6.42 Å². The van der Waals surface area contributed by atoms with Gasteiger partial charge in [-0.1, -0.05) is 19.1 Å². The summed E-state index contributed by atoms with van der Waals surface area (Å²) in [7, 11) is 0. The van der Waals surface area contributed by atoms with Gasteiger partial charge in [0, 0.05) is 19.0 Å². The van der Waals surface area contributed by atoms with Crippen LogP contribution in [0.2, 0.25) is 0 Å². The molecule has 2 aliphatic rings. The van der Waals surface area contributed by atoms with Crippen LogP contribution in [0.3, 0.4) is 0 Å². The number of rotatable bonds is 2. The van der Waals surface area contributed by atoms with Gasteiger partial charge in [-0.25, -0.2) is 0 Å². The largest absolute Gasteiger partial charge is 0.385 e. The minimum atomic E-state index is -0.489. The van der Waals surface area contributed by atoms with E-state index in [0.717, 1.165) is 25.9 Å². The number of allylic oxidation sites excluding steroid dienone is 1. The molecule has 2 atom stereocenters. The summed E-state index contributed by atoms with van der Waals surface area (Å²) in [4.78, 5) is 0. The molecule has 2 nitrogen and oxygen atoms in total. The minimum absolute atomic E-state index is 0.460. The van der Waals surface area contributed by atoms with Gasteiger partial charge < -0.3 is 10.4 Å². The van der Waals surface area contributed by atoms with Crippen LogP contribution in [0.15, 0.2) is 12.2 Å². The molecule has 1 heterocycles. The van der Waals surface area contributed by atoms with Gasteiger partial charge in [0.15, 0.2) is 0 Å². The summed E-state index contributed by atoms with van der Waals surface area (Å²) >= 11 is 0. The molecule has 0 saturated carbocycles. The zero-order valence-electron chi connectivity index (χ0n) is 8.29. The van der Waals surface area contributed by atoms with Crippen LogP contribution in [0.25, 0.3) is 0 Å². The van der Waals surface area contributed by atoms with E-state index in [2.05, 4.69) is 24.4 Å². The van der Waals surface area contributed by atoms with Gasteiger partial charge in [-0.3, -0.25) is 0 Å². The molecule has 1 fully saturated rings. The molecular formula is C11H19NO. The van der Waals surface area contributed by atoms with Crippen LogP contribution in [0.4, 0.5) is 0 Å². The van der Waals surface area contributed by atoms with Crippen molar-refractivity contribution in [2.24, 2.45) is 11.8 Å². The number of nitrogens with one attached hydrogen (secondary N) is 1. The highest BCUT2D eigenvalue weighted by molar-refractivity contribution is 5.12. The van der Waals surface area contributed by atoms with Crippen molar-refractivity contribution in [3.8, 4) is 0 Å². The van der Waals surface area contributed by atoms with Crippen LogP contribution < -0.4 is 5.32 Å². The molecule has 1 saturated heterocycles. The first-order chi connectivity index (χ1) is 6.24. The molecule has 0 aromatic rings. The van der Waals surface area contributed by atoms with Crippen LogP contribution in [0.5, 0.6) is 0 Å². The van der Waals surface area contributed by atoms with E-state index < -0.39 is 5.60 Å². The molecule has 13 heavy (non-hydrogen) atoms. The molecule has 2 N–H and O–H groups in total. The molecule has 0 aromatic carbocycles. The monoisotopic (exact) mass is 181 g/mol. The lowest BCUT2D eigenvalue weighted by molar-refractivity contribution is -0.0121. The maximum Gasteiger partial charge on any atom is 0.0880 e. The Morgan fingerprint density at radius 2 is 2.31 bits per heavy atom. The second-order valence-electron chi connectivity index (χ2n) is 4.41.